The van der Waals surface area contributed by atoms with Crippen LogP contribution in [-0.2, 0) is 6.42 Å². The summed E-state index contributed by atoms with van der Waals surface area (Å²) in [6.07, 6.45) is 4.38. The molecule has 17 heavy (non-hydrogen) atoms. The Morgan fingerprint density at radius 3 is 2.76 bits per heavy atom. The lowest BCUT2D eigenvalue weighted by molar-refractivity contribution is 0.0761. The van der Waals surface area contributed by atoms with Crippen LogP contribution in [0.5, 0.6) is 0 Å². The molecule has 0 aliphatic carbocycles. The van der Waals surface area contributed by atoms with Crippen molar-refractivity contribution in [3.63, 3.8) is 0 Å². The third kappa shape index (κ3) is 3.77. The van der Waals surface area contributed by atoms with Gasteiger partial charge in [-0.05, 0) is 12.5 Å². The highest BCUT2D eigenvalue weighted by atomic mass is 35.5. The Bertz CT molecular complexity index is 349. The van der Waals surface area contributed by atoms with Gasteiger partial charge >= 0.3 is 0 Å². The van der Waals surface area contributed by atoms with Crippen LogP contribution in [-0.4, -0.2) is 29.8 Å². The molecule has 0 saturated carbocycles. The Kier molecular flexibility index (Phi) is 6.12. The van der Waals surface area contributed by atoms with Crippen LogP contribution in [0.1, 0.15) is 42.8 Å². The van der Waals surface area contributed by atoms with E-state index in [0.29, 0.717) is 18.0 Å². The Hall–Kier alpha value is -0.960. The largest absolute Gasteiger partial charge is 0.469 e. The molecular weight excluding hydrogens is 238 g/mol. The number of amides is 1. The zero-order valence-corrected chi connectivity index (χ0v) is 11.3. The molecule has 1 rings (SSSR count). The van der Waals surface area contributed by atoms with Gasteiger partial charge in [0.05, 0.1) is 11.8 Å². The minimum absolute atomic E-state index is 0.0321. The van der Waals surface area contributed by atoms with E-state index in [0.717, 1.165) is 31.6 Å². The van der Waals surface area contributed by atoms with Crippen molar-refractivity contribution in [1.82, 2.24) is 4.90 Å². The number of carbonyl (C=O) groups is 1. The average Bonchev–Trinajstić information content (AvgIpc) is 2.81. The summed E-state index contributed by atoms with van der Waals surface area (Å²) in [4.78, 5) is 14.1. The van der Waals surface area contributed by atoms with Gasteiger partial charge in [0.2, 0.25) is 0 Å². The Morgan fingerprint density at radius 1 is 1.41 bits per heavy atom. The van der Waals surface area contributed by atoms with Crippen molar-refractivity contribution in [3.05, 3.63) is 23.7 Å². The smallest absolute Gasteiger partial charge is 0.257 e. The molecule has 1 aromatic rings. The van der Waals surface area contributed by atoms with Crippen molar-refractivity contribution in [2.24, 2.45) is 0 Å². The number of nitrogens with zero attached hydrogens (tertiary/aromatic N) is 1. The van der Waals surface area contributed by atoms with Gasteiger partial charge in [-0.25, -0.2) is 0 Å². The zero-order valence-electron chi connectivity index (χ0n) is 10.5. The summed E-state index contributed by atoms with van der Waals surface area (Å²) in [6, 6.07) is 1.74. The van der Waals surface area contributed by atoms with Gasteiger partial charge in [-0.15, -0.1) is 11.6 Å². The fourth-order valence-corrected chi connectivity index (χ4v) is 1.95. The van der Waals surface area contributed by atoms with Crippen molar-refractivity contribution in [2.75, 3.05) is 19.0 Å². The van der Waals surface area contributed by atoms with Gasteiger partial charge in [0.1, 0.15) is 5.76 Å². The van der Waals surface area contributed by atoms with E-state index < -0.39 is 0 Å². The maximum absolute atomic E-state index is 12.3. The van der Waals surface area contributed by atoms with Crippen LogP contribution in [0.25, 0.3) is 0 Å². The Balaban J connectivity index is 2.76. The molecule has 4 heteroatoms. The lowest BCUT2D eigenvalue weighted by atomic mass is 10.2. The van der Waals surface area contributed by atoms with Gasteiger partial charge in [-0.1, -0.05) is 20.3 Å². The highest BCUT2D eigenvalue weighted by Gasteiger charge is 2.19. The summed E-state index contributed by atoms with van der Waals surface area (Å²) in [6.45, 7) is 5.44. The first kappa shape index (κ1) is 14.1. The van der Waals surface area contributed by atoms with E-state index in [-0.39, 0.29) is 5.91 Å². The summed E-state index contributed by atoms with van der Waals surface area (Å²) < 4.78 is 5.29. The summed E-state index contributed by atoms with van der Waals surface area (Å²) in [5.41, 5.74) is 0.675. The first-order valence-electron chi connectivity index (χ1n) is 6.16. The van der Waals surface area contributed by atoms with Crippen molar-refractivity contribution in [3.8, 4) is 0 Å². The molecular formula is C13H20ClNO2. The normalized spacial score (nSPS) is 10.5. The number of hydrogen-bond donors (Lipinski definition) is 0. The quantitative estimate of drug-likeness (QED) is 0.702. The molecule has 0 aliphatic rings. The SMILES string of the molecule is CCCCN(CCCl)C(=O)c1ccoc1CC. The van der Waals surface area contributed by atoms with E-state index in [9.17, 15) is 4.79 Å². The molecule has 1 aromatic heterocycles. The van der Waals surface area contributed by atoms with Crippen LogP contribution >= 0.6 is 11.6 Å². The molecule has 0 fully saturated rings. The number of unbranched alkanes of at least 4 members (excludes halogenated alkanes) is 1. The first-order chi connectivity index (χ1) is 8.24. The average molecular weight is 258 g/mol. The number of hydrogen-bond acceptors (Lipinski definition) is 2. The molecule has 0 N–H and O–H groups in total. The predicted molar refractivity (Wildman–Crippen MR) is 69.6 cm³/mol. The molecule has 0 atom stereocenters. The van der Waals surface area contributed by atoms with Crippen LogP contribution in [0.3, 0.4) is 0 Å². The highest BCUT2D eigenvalue weighted by molar-refractivity contribution is 6.18. The molecule has 0 aromatic carbocycles. The van der Waals surface area contributed by atoms with Gasteiger partial charge in [0, 0.05) is 25.4 Å². The standard InChI is InChI=1S/C13H20ClNO2/c1-3-5-8-15(9-7-14)13(16)11-6-10-17-12(11)4-2/h6,10H,3-5,7-9H2,1-2H3. The second-order valence-electron chi connectivity index (χ2n) is 3.95. The van der Waals surface area contributed by atoms with E-state index in [2.05, 4.69) is 6.92 Å². The van der Waals surface area contributed by atoms with Crippen LogP contribution in [0.15, 0.2) is 16.7 Å². The number of alkyl halides is 1. The minimum atomic E-state index is 0.0321. The number of furan rings is 1. The molecule has 1 amide bonds. The maximum atomic E-state index is 12.3. The fraction of sp³-hybridized carbons (Fsp3) is 0.615. The predicted octanol–water partition coefficient (Wildman–Crippen LogP) is 3.32. The Morgan fingerprint density at radius 2 is 2.18 bits per heavy atom. The van der Waals surface area contributed by atoms with Gasteiger partial charge in [0.25, 0.3) is 5.91 Å². The summed E-state index contributed by atoms with van der Waals surface area (Å²) in [5.74, 6) is 1.25. The topological polar surface area (TPSA) is 33.5 Å². The van der Waals surface area contributed by atoms with E-state index in [1.54, 1.807) is 17.2 Å². The number of aryl methyl sites for hydroxylation is 1. The molecule has 1 heterocycles. The fourth-order valence-electron chi connectivity index (χ4n) is 1.74. The van der Waals surface area contributed by atoms with Crippen LogP contribution in [0.4, 0.5) is 0 Å². The second-order valence-corrected chi connectivity index (χ2v) is 4.32. The van der Waals surface area contributed by atoms with Crippen LogP contribution in [0, 0.1) is 0 Å². The van der Waals surface area contributed by atoms with E-state index >= 15 is 0 Å². The number of halogens is 1. The summed E-state index contributed by atoms with van der Waals surface area (Å²) >= 11 is 5.74. The van der Waals surface area contributed by atoms with Crippen LogP contribution < -0.4 is 0 Å². The van der Waals surface area contributed by atoms with Gasteiger partial charge in [0.15, 0.2) is 0 Å². The van der Waals surface area contributed by atoms with Crippen molar-refractivity contribution in [2.45, 2.75) is 33.1 Å². The molecule has 0 radical (unpaired) electrons. The highest BCUT2D eigenvalue weighted by Crippen LogP contribution is 2.14. The van der Waals surface area contributed by atoms with Gasteiger partial charge in [-0.2, -0.15) is 0 Å². The lowest BCUT2D eigenvalue weighted by Gasteiger charge is -2.21. The maximum Gasteiger partial charge on any atom is 0.257 e. The van der Waals surface area contributed by atoms with Gasteiger partial charge in [-0.3, -0.25) is 4.79 Å². The Labute approximate surface area is 108 Å². The van der Waals surface area contributed by atoms with Crippen LogP contribution in [0.2, 0.25) is 0 Å². The molecule has 0 spiro atoms. The van der Waals surface area contributed by atoms with E-state index in [1.807, 2.05) is 6.92 Å². The number of carbonyl (C=O) groups excluding carboxylic acids is 1. The van der Waals surface area contributed by atoms with Gasteiger partial charge < -0.3 is 9.32 Å². The molecule has 3 nitrogen and oxygen atoms in total. The van der Waals surface area contributed by atoms with E-state index in [1.165, 1.54) is 0 Å². The first-order valence-corrected chi connectivity index (χ1v) is 6.69. The third-order valence-electron chi connectivity index (χ3n) is 2.72. The molecule has 0 bridgehead atoms. The van der Waals surface area contributed by atoms with Crippen molar-refractivity contribution < 1.29 is 9.21 Å². The van der Waals surface area contributed by atoms with Crippen molar-refractivity contribution in [1.29, 1.82) is 0 Å². The third-order valence-corrected chi connectivity index (χ3v) is 2.89. The molecule has 0 saturated heterocycles. The summed E-state index contributed by atoms with van der Waals surface area (Å²) in [5, 5.41) is 0. The minimum Gasteiger partial charge on any atom is -0.469 e. The molecule has 0 aliphatic heterocycles. The molecule has 96 valence electrons. The van der Waals surface area contributed by atoms with E-state index in [4.69, 9.17) is 16.0 Å². The number of rotatable bonds is 7. The second kappa shape index (κ2) is 7.38. The zero-order chi connectivity index (χ0) is 12.7. The lowest BCUT2D eigenvalue weighted by Crippen LogP contribution is -2.33. The summed E-state index contributed by atoms with van der Waals surface area (Å²) in [7, 11) is 0. The monoisotopic (exact) mass is 257 g/mol. The van der Waals surface area contributed by atoms with Crippen molar-refractivity contribution >= 4 is 17.5 Å². The molecule has 0 unspecified atom stereocenters.